The smallest absolute Gasteiger partial charge is 0.255 e. The maximum absolute atomic E-state index is 13.8. The number of nitrogens with zero attached hydrogens (tertiary/aromatic N) is 1. The lowest BCUT2D eigenvalue weighted by molar-refractivity contribution is -0.155. The van der Waals surface area contributed by atoms with Crippen LogP contribution in [0.3, 0.4) is 0 Å². The van der Waals surface area contributed by atoms with E-state index in [1.807, 2.05) is 4.90 Å². The molecule has 0 spiro atoms. The quantitative estimate of drug-likeness (QED) is 0.336. The molecule has 4 rings (SSSR count). The van der Waals surface area contributed by atoms with E-state index in [1.165, 1.54) is 0 Å². The Morgan fingerprint density at radius 1 is 1.23 bits per heavy atom. The van der Waals surface area contributed by atoms with Crippen LogP contribution < -0.4 is 16.4 Å². The highest BCUT2D eigenvalue weighted by Gasteiger charge is 2.64. The van der Waals surface area contributed by atoms with E-state index in [0.29, 0.717) is 16.8 Å². The fourth-order valence-electron chi connectivity index (χ4n) is 6.14. The van der Waals surface area contributed by atoms with Crippen molar-refractivity contribution in [3.05, 3.63) is 39.7 Å². The first-order valence-electron chi connectivity index (χ1n) is 11.5. The van der Waals surface area contributed by atoms with Crippen molar-refractivity contribution in [2.75, 3.05) is 19.0 Å². The van der Waals surface area contributed by atoms with E-state index in [4.69, 9.17) is 11.5 Å². The molecule has 8 N–H and O–H groups in total. The second-order valence-corrected chi connectivity index (χ2v) is 10.2. The van der Waals surface area contributed by atoms with Crippen molar-refractivity contribution in [2.24, 2.45) is 35.1 Å². The van der Waals surface area contributed by atoms with Crippen LogP contribution in [0.4, 0.5) is 5.69 Å². The standard InChI is InChI=1S/C25H31N3O7/c1-9(2)15-13-6-10-5-12-14(28(3)4)7-11(8-26)19(29)17(12)21(31)16(10)22(32)25(13,35)23(33)18(20(15)30)24(27)34/h7,9-10,13,15,29,31,33,35H,5-6,8,26H2,1-4H3,(H2,27,34)/t10-,13-,15-,25-/m0/s1. The molecule has 1 aromatic rings. The van der Waals surface area contributed by atoms with Gasteiger partial charge in [-0.2, -0.15) is 0 Å². The number of phenols is 1. The predicted octanol–water partition coefficient (Wildman–Crippen LogP) is 0.831. The van der Waals surface area contributed by atoms with E-state index in [2.05, 4.69) is 0 Å². The van der Waals surface area contributed by atoms with Gasteiger partial charge in [0, 0.05) is 49.3 Å². The molecule has 188 valence electrons. The van der Waals surface area contributed by atoms with Gasteiger partial charge in [0.1, 0.15) is 22.8 Å². The topological polar surface area (TPSA) is 187 Å². The molecule has 0 bridgehead atoms. The molecule has 0 aliphatic heterocycles. The van der Waals surface area contributed by atoms with Crippen LogP contribution in [0.2, 0.25) is 0 Å². The second-order valence-electron chi connectivity index (χ2n) is 10.2. The van der Waals surface area contributed by atoms with E-state index < -0.39 is 57.9 Å². The molecule has 3 aliphatic carbocycles. The molecular weight excluding hydrogens is 454 g/mol. The molecule has 1 aromatic carbocycles. The third-order valence-corrected chi connectivity index (χ3v) is 7.73. The Morgan fingerprint density at radius 2 is 1.86 bits per heavy atom. The number of aromatic hydroxyl groups is 1. The number of amides is 1. The number of benzene rings is 1. The van der Waals surface area contributed by atoms with Crippen molar-refractivity contribution in [3.63, 3.8) is 0 Å². The Bertz CT molecular complexity index is 1230. The van der Waals surface area contributed by atoms with E-state index in [9.17, 15) is 34.8 Å². The van der Waals surface area contributed by atoms with Crippen LogP contribution in [0.1, 0.15) is 37.0 Å². The third-order valence-electron chi connectivity index (χ3n) is 7.73. The lowest BCUT2D eigenvalue weighted by Crippen LogP contribution is -2.62. The summed E-state index contributed by atoms with van der Waals surface area (Å²) in [4.78, 5) is 40.8. The highest BCUT2D eigenvalue weighted by atomic mass is 16.3. The molecule has 0 radical (unpaired) electrons. The molecule has 1 amide bonds. The number of primary amides is 1. The van der Waals surface area contributed by atoms with Crippen LogP contribution in [0, 0.1) is 23.7 Å². The lowest BCUT2D eigenvalue weighted by atomic mass is 9.54. The van der Waals surface area contributed by atoms with Gasteiger partial charge in [0.25, 0.3) is 5.91 Å². The number of ketones is 2. The summed E-state index contributed by atoms with van der Waals surface area (Å²) in [5, 5.41) is 44.7. The first-order valence-corrected chi connectivity index (χ1v) is 11.5. The molecule has 0 saturated heterocycles. The van der Waals surface area contributed by atoms with Crippen LogP contribution in [0.25, 0.3) is 5.76 Å². The number of fused-ring (bicyclic) bond motifs is 3. The minimum absolute atomic E-state index is 0.0182. The number of carbonyl (C=O) groups excluding carboxylic acids is 3. The average molecular weight is 486 g/mol. The molecule has 10 heteroatoms. The number of hydrogen-bond acceptors (Lipinski definition) is 9. The van der Waals surface area contributed by atoms with Crippen molar-refractivity contribution in [3.8, 4) is 5.75 Å². The summed E-state index contributed by atoms with van der Waals surface area (Å²) < 4.78 is 0. The number of nitrogens with two attached hydrogens (primary N) is 2. The summed E-state index contributed by atoms with van der Waals surface area (Å²) in [5.41, 5.74) is 9.27. The Morgan fingerprint density at radius 3 is 2.37 bits per heavy atom. The Hall–Kier alpha value is -3.37. The normalized spacial score (nSPS) is 28.1. The van der Waals surface area contributed by atoms with Crippen LogP contribution in [0.5, 0.6) is 5.75 Å². The zero-order chi connectivity index (χ0) is 26.1. The van der Waals surface area contributed by atoms with Crippen molar-refractivity contribution >= 4 is 28.9 Å². The second kappa shape index (κ2) is 8.10. The molecule has 3 aliphatic rings. The molecule has 1 saturated carbocycles. The van der Waals surface area contributed by atoms with Gasteiger partial charge in [0.2, 0.25) is 5.78 Å². The van der Waals surface area contributed by atoms with Crippen molar-refractivity contribution in [2.45, 2.75) is 38.8 Å². The summed E-state index contributed by atoms with van der Waals surface area (Å²) in [7, 11) is 3.60. The van der Waals surface area contributed by atoms with Crippen LogP contribution in [-0.2, 0) is 27.3 Å². The number of rotatable bonds is 4. The number of anilines is 1. The third kappa shape index (κ3) is 3.20. The number of aliphatic hydroxyl groups excluding tert-OH is 2. The summed E-state index contributed by atoms with van der Waals surface area (Å²) in [6.45, 7) is 3.43. The molecule has 10 nitrogen and oxygen atoms in total. The van der Waals surface area contributed by atoms with Gasteiger partial charge >= 0.3 is 0 Å². The first kappa shape index (κ1) is 24.7. The average Bonchev–Trinajstić information content (AvgIpc) is 2.75. The van der Waals surface area contributed by atoms with Gasteiger partial charge in [-0.25, -0.2) is 0 Å². The summed E-state index contributed by atoms with van der Waals surface area (Å²) in [6, 6.07) is 1.72. The van der Waals surface area contributed by atoms with E-state index >= 15 is 0 Å². The maximum Gasteiger partial charge on any atom is 0.255 e. The lowest BCUT2D eigenvalue weighted by Gasteiger charge is -2.50. The van der Waals surface area contributed by atoms with Gasteiger partial charge < -0.3 is 36.8 Å². The van der Waals surface area contributed by atoms with E-state index in [1.54, 1.807) is 34.0 Å². The van der Waals surface area contributed by atoms with E-state index in [0.717, 1.165) is 0 Å². The zero-order valence-electron chi connectivity index (χ0n) is 20.1. The number of phenolic OH excluding ortho intramolecular Hbond substituents is 1. The van der Waals surface area contributed by atoms with Gasteiger partial charge in [-0.05, 0) is 36.3 Å². The molecule has 4 atom stereocenters. The number of aliphatic hydroxyl groups is 3. The minimum atomic E-state index is -2.62. The fourth-order valence-corrected chi connectivity index (χ4v) is 6.14. The van der Waals surface area contributed by atoms with Crippen molar-refractivity contribution in [1.82, 2.24) is 0 Å². The highest BCUT2D eigenvalue weighted by Crippen LogP contribution is 2.55. The minimum Gasteiger partial charge on any atom is -0.508 e. The summed E-state index contributed by atoms with van der Waals surface area (Å²) in [5.74, 6) is -7.79. The first-order chi connectivity index (χ1) is 16.3. The fraction of sp³-hybridized carbons (Fsp3) is 0.480. The van der Waals surface area contributed by atoms with Gasteiger partial charge in [0.15, 0.2) is 11.4 Å². The van der Waals surface area contributed by atoms with Gasteiger partial charge in [0.05, 0.1) is 5.56 Å². The molecule has 0 aromatic heterocycles. The monoisotopic (exact) mass is 485 g/mol. The van der Waals surface area contributed by atoms with Crippen LogP contribution >= 0.6 is 0 Å². The predicted molar refractivity (Wildman–Crippen MR) is 127 cm³/mol. The van der Waals surface area contributed by atoms with Crippen molar-refractivity contribution < 1.29 is 34.8 Å². The van der Waals surface area contributed by atoms with E-state index in [-0.39, 0.29) is 42.2 Å². The van der Waals surface area contributed by atoms with Crippen molar-refractivity contribution in [1.29, 1.82) is 0 Å². The SMILES string of the molecule is CC(C)[C@@H]1C(=O)C(C(N)=O)=C(O)[C@@]2(O)C(=O)C3=C(O)c4c(O)c(CN)cc(N(C)C)c4C[C@H]3C[C@@H]12. The largest absolute Gasteiger partial charge is 0.508 e. The molecular formula is C25H31N3O7. The molecule has 35 heavy (non-hydrogen) atoms. The molecule has 1 fully saturated rings. The number of Topliss-reactive ketones (excluding diaryl/α,β-unsaturated/α-hetero) is 2. The van der Waals surface area contributed by atoms with Gasteiger partial charge in [-0.15, -0.1) is 0 Å². The maximum atomic E-state index is 13.8. The Labute approximate surface area is 202 Å². The number of carbonyl (C=O) groups is 3. The number of hydrogen-bond donors (Lipinski definition) is 6. The van der Waals surface area contributed by atoms with Crippen LogP contribution in [0.15, 0.2) is 23.0 Å². The highest BCUT2D eigenvalue weighted by molar-refractivity contribution is 6.23. The summed E-state index contributed by atoms with van der Waals surface area (Å²) >= 11 is 0. The van der Waals surface area contributed by atoms with Gasteiger partial charge in [-0.3, -0.25) is 14.4 Å². The van der Waals surface area contributed by atoms with Gasteiger partial charge in [-0.1, -0.05) is 13.8 Å². The Kier molecular flexibility index (Phi) is 5.72. The molecule has 0 unspecified atom stereocenters. The Balaban J connectivity index is 2.01. The molecule has 0 heterocycles. The summed E-state index contributed by atoms with van der Waals surface area (Å²) in [6.07, 6.45) is 0.323. The van der Waals surface area contributed by atoms with Crippen LogP contribution in [-0.4, -0.2) is 57.6 Å². The zero-order valence-corrected chi connectivity index (χ0v) is 20.1.